The van der Waals surface area contributed by atoms with Crippen LogP contribution in [0.2, 0.25) is 0 Å². The van der Waals surface area contributed by atoms with Crippen LogP contribution < -0.4 is 0 Å². The lowest BCUT2D eigenvalue weighted by Crippen LogP contribution is -2.51. The Kier molecular flexibility index (Phi) is 5.68. The van der Waals surface area contributed by atoms with Crippen LogP contribution in [0.15, 0.2) is 40.8 Å². The highest BCUT2D eigenvalue weighted by atomic mass is 32.2. The molecule has 0 aliphatic heterocycles. The third-order valence-corrected chi connectivity index (χ3v) is 11.5. The zero-order chi connectivity index (χ0) is 23.6. The van der Waals surface area contributed by atoms with E-state index in [1.54, 1.807) is 19.1 Å². The number of ketones is 1. The summed E-state index contributed by atoms with van der Waals surface area (Å²) in [7, 11) is -3.75. The van der Waals surface area contributed by atoms with Gasteiger partial charge in [0.25, 0.3) is 10.1 Å². The number of allylic oxidation sites excluding steroid dienone is 1. The molecule has 4 aliphatic carbocycles. The topological polar surface area (TPSA) is 60.4 Å². The van der Waals surface area contributed by atoms with Gasteiger partial charge in [-0.25, -0.2) is 0 Å². The smallest absolute Gasteiger partial charge is 0.297 e. The number of aryl methyl sites for hydroxylation is 1. The lowest BCUT2D eigenvalue weighted by atomic mass is 9.47. The third kappa shape index (κ3) is 3.74. The van der Waals surface area contributed by atoms with E-state index in [0.29, 0.717) is 30.0 Å². The van der Waals surface area contributed by atoms with Gasteiger partial charge in [-0.05, 0) is 106 Å². The molecule has 0 heterocycles. The van der Waals surface area contributed by atoms with Crippen LogP contribution in [-0.4, -0.2) is 20.3 Å². The molecule has 4 aliphatic rings. The van der Waals surface area contributed by atoms with Crippen LogP contribution in [0, 0.1) is 41.4 Å². The van der Waals surface area contributed by atoms with Crippen LogP contribution in [0.5, 0.6) is 0 Å². The van der Waals surface area contributed by atoms with Gasteiger partial charge in [0, 0.05) is 5.92 Å². The number of hydrogen-bond acceptors (Lipinski definition) is 4. The highest BCUT2D eigenvalue weighted by molar-refractivity contribution is 7.86. The van der Waals surface area contributed by atoms with Crippen LogP contribution in [0.25, 0.3) is 0 Å². The summed E-state index contributed by atoms with van der Waals surface area (Å²) in [4.78, 5) is 12.6. The third-order valence-electron chi connectivity index (χ3n) is 10.1. The van der Waals surface area contributed by atoms with Crippen molar-refractivity contribution in [2.45, 2.75) is 90.1 Å². The molecule has 1 aromatic rings. The van der Waals surface area contributed by atoms with E-state index in [4.69, 9.17) is 4.18 Å². The molecule has 0 unspecified atom stereocenters. The molecule has 0 saturated heterocycles. The molecule has 3 saturated carbocycles. The van der Waals surface area contributed by atoms with Crippen molar-refractivity contribution in [3.05, 3.63) is 41.5 Å². The maximum atomic E-state index is 12.9. The van der Waals surface area contributed by atoms with Gasteiger partial charge in [0.05, 0.1) is 11.0 Å². The standard InChI is InChI=1S/C28H38O4S/c1-18-5-8-22(9-6-18)33(30,31)32-21-13-15-27(3)20(17-21)7-10-23-25-12-11-24(19(2)29)28(25,4)16-14-26(23)27/h5-9,21,23-26H,10-17H2,1-4H3/t21-,23-,24-,25-,26-,27-,28+/m0/s1. The second-order valence-electron chi connectivity index (χ2n) is 11.8. The van der Waals surface area contributed by atoms with Crippen molar-refractivity contribution in [3.8, 4) is 0 Å². The predicted molar refractivity (Wildman–Crippen MR) is 129 cm³/mol. The Morgan fingerprint density at radius 3 is 2.42 bits per heavy atom. The number of rotatable bonds is 4. The summed E-state index contributed by atoms with van der Waals surface area (Å²) in [6.45, 7) is 8.54. The first-order chi connectivity index (χ1) is 15.5. The zero-order valence-electron chi connectivity index (χ0n) is 20.5. The van der Waals surface area contributed by atoms with E-state index in [1.165, 1.54) is 18.4 Å². The first kappa shape index (κ1) is 23.3. The molecule has 0 amide bonds. The van der Waals surface area contributed by atoms with Gasteiger partial charge in [0.15, 0.2) is 0 Å². The summed E-state index contributed by atoms with van der Waals surface area (Å²) in [5.41, 5.74) is 2.73. The van der Waals surface area contributed by atoms with Crippen LogP contribution in [0.4, 0.5) is 0 Å². The SMILES string of the molecule is CC(=O)[C@@H]1CC[C@H]2[C@@H]3CC=C4C[C@@H](OS(=O)(=O)c5ccc(C)cc5)CC[C@]4(C)[C@H]3CC[C@]12C. The van der Waals surface area contributed by atoms with E-state index in [-0.39, 0.29) is 27.7 Å². The van der Waals surface area contributed by atoms with Gasteiger partial charge in [0.2, 0.25) is 0 Å². The monoisotopic (exact) mass is 470 g/mol. The average Bonchev–Trinajstić information content (AvgIpc) is 3.11. The highest BCUT2D eigenvalue weighted by Crippen LogP contribution is 2.66. The Labute approximate surface area is 199 Å². The molecule has 5 heteroatoms. The number of benzene rings is 1. The molecular weight excluding hydrogens is 432 g/mol. The fourth-order valence-electron chi connectivity index (χ4n) is 8.32. The van der Waals surface area contributed by atoms with Crippen molar-refractivity contribution in [3.63, 3.8) is 0 Å². The van der Waals surface area contributed by atoms with Gasteiger partial charge in [-0.3, -0.25) is 8.98 Å². The lowest BCUT2D eigenvalue weighted by Gasteiger charge is -2.58. The first-order valence-electron chi connectivity index (χ1n) is 12.7. The largest absolute Gasteiger partial charge is 0.300 e. The van der Waals surface area contributed by atoms with Gasteiger partial charge in [-0.2, -0.15) is 8.42 Å². The van der Waals surface area contributed by atoms with Gasteiger partial charge >= 0.3 is 0 Å². The highest BCUT2D eigenvalue weighted by Gasteiger charge is 2.59. The molecule has 0 aromatic heterocycles. The Morgan fingerprint density at radius 1 is 1.00 bits per heavy atom. The minimum Gasteiger partial charge on any atom is -0.300 e. The summed E-state index contributed by atoms with van der Waals surface area (Å²) < 4.78 is 31.5. The minimum atomic E-state index is -3.75. The summed E-state index contributed by atoms with van der Waals surface area (Å²) in [5, 5.41) is 0. The second kappa shape index (κ2) is 8.05. The Balaban J connectivity index is 1.34. The molecule has 7 atom stereocenters. The molecule has 33 heavy (non-hydrogen) atoms. The fourth-order valence-corrected chi connectivity index (χ4v) is 9.42. The number of hydrogen-bond donors (Lipinski definition) is 0. The van der Waals surface area contributed by atoms with Gasteiger partial charge < -0.3 is 0 Å². The van der Waals surface area contributed by atoms with E-state index >= 15 is 0 Å². The molecule has 3 fully saturated rings. The molecule has 0 N–H and O–H groups in total. The quantitative estimate of drug-likeness (QED) is 0.386. The van der Waals surface area contributed by atoms with Crippen LogP contribution in [0.1, 0.15) is 77.7 Å². The molecular formula is C28H38O4S. The first-order valence-corrected chi connectivity index (χ1v) is 14.2. The number of fused-ring (bicyclic) bond motifs is 5. The summed E-state index contributed by atoms with van der Waals surface area (Å²) in [6.07, 6.45) is 10.2. The summed E-state index contributed by atoms with van der Waals surface area (Å²) in [5.74, 6) is 2.53. The maximum absolute atomic E-state index is 12.9. The Morgan fingerprint density at radius 2 is 1.73 bits per heavy atom. The molecule has 0 spiro atoms. The maximum Gasteiger partial charge on any atom is 0.297 e. The normalized spacial score (nSPS) is 40.4. The summed E-state index contributed by atoms with van der Waals surface area (Å²) >= 11 is 0. The Hall–Kier alpha value is -1.46. The lowest BCUT2D eigenvalue weighted by molar-refractivity contribution is -0.127. The molecule has 0 bridgehead atoms. The van der Waals surface area contributed by atoms with Crippen LogP contribution in [0.3, 0.4) is 0 Å². The summed E-state index contributed by atoms with van der Waals surface area (Å²) in [6, 6.07) is 6.90. The van der Waals surface area contributed by atoms with E-state index in [1.807, 2.05) is 19.1 Å². The van der Waals surface area contributed by atoms with Crippen molar-refractivity contribution in [1.82, 2.24) is 0 Å². The molecule has 180 valence electrons. The molecule has 4 nitrogen and oxygen atoms in total. The van der Waals surface area contributed by atoms with E-state index in [9.17, 15) is 13.2 Å². The van der Waals surface area contributed by atoms with E-state index in [2.05, 4.69) is 19.9 Å². The molecule has 5 rings (SSSR count). The van der Waals surface area contributed by atoms with Crippen molar-refractivity contribution in [2.75, 3.05) is 0 Å². The zero-order valence-corrected chi connectivity index (χ0v) is 21.3. The number of carbonyl (C=O) groups is 1. The fraction of sp³-hybridized carbons (Fsp3) is 0.679. The van der Waals surface area contributed by atoms with Crippen molar-refractivity contribution >= 4 is 15.9 Å². The van der Waals surface area contributed by atoms with E-state index in [0.717, 1.165) is 37.7 Å². The van der Waals surface area contributed by atoms with Gasteiger partial charge in [0.1, 0.15) is 5.78 Å². The van der Waals surface area contributed by atoms with Crippen molar-refractivity contribution in [2.24, 2.45) is 34.5 Å². The number of carbonyl (C=O) groups excluding carboxylic acids is 1. The van der Waals surface area contributed by atoms with Crippen LogP contribution in [-0.2, 0) is 19.1 Å². The van der Waals surface area contributed by atoms with E-state index < -0.39 is 10.1 Å². The van der Waals surface area contributed by atoms with Gasteiger partial charge in [-0.1, -0.05) is 43.2 Å². The van der Waals surface area contributed by atoms with Crippen LogP contribution >= 0.6 is 0 Å². The Bertz CT molecular complexity index is 1070. The van der Waals surface area contributed by atoms with Gasteiger partial charge in [-0.15, -0.1) is 0 Å². The number of Topliss-reactive ketones (excluding diaryl/α,β-unsaturated/α-hetero) is 1. The average molecular weight is 471 g/mol. The molecule has 0 radical (unpaired) electrons. The molecule has 1 aromatic carbocycles. The predicted octanol–water partition coefficient (Wildman–Crippen LogP) is 6.24. The van der Waals surface area contributed by atoms with Crippen molar-refractivity contribution in [1.29, 1.82) is 0 Å². The second-order valence-corrected chi connectivity index (χ2v) is 13.3. The minimum absolute atomic E-state index is 0.131. The van der Waals surface area contributed by atoms with Crippen molar-refractivity contribution < 1.29 is 17.4 Å².